The number of thiocarbonyl (C=S) groups is 1. The van der Waals surface area contributed by atoms with E-state index in [0.717, 1.165) is 11.8 Å². The highest BCUT2D eigenvalue weighted by atomic mass is 32.2. The number of amides is 1. The Hall–Kier alpha value is -2.99. The van der Waals surface area contributed by atoms with Crippen molar-refractivity contribution in [2.75, 3.05) is 31.7 Å². The molecule has 1 saturated heterocycles. The number of thioether (sulfide) groups is 1. The van der Waals surface area contributed by atoms with E-state index in [0.29, 0.717) is 39.6 Å². The number of aliphatic hydroxyl groups is 1. The van der Waals surface area contributed by atoms with Crippen molar-refractivity contribution in [3.63, 3.8) is 0 Å². The molecule has 0 aromatic carbocycles. The lowest BCUT2D eigenvalue weighted by molar-refractivity contribution is -0.122. The van der Waals surface area contributed by atoms with E-state index < -0.39 is 0 Å². The number of nitrogens with zero attached hydrogens (tertiary/aromatic N) is 3. The van der Waals surface area contributed by atoms with Crippen LogP contribution in [-0.2, 0) is 16.1 Å². The van der Waals surface area contributed by atoms with E-state index in [9.17, 15) is 9.59 Å². The second-order valence-corrected chi connectivity index (χ2v) is 8.39. The number of nitrogens with one attached hydrogen (secondary N) is 1. The van der Waals surface area contributed by atoms with Crippen LogP contribution in [0.4, 0.5) is 5.82 Å². The van der Waals surface area contributed by atoms with E-state index in [-0.39, 0.29) is 36.8 Å². The van der Waals surface area contributed by atoms with Crippen LogP contribution in [-0.4, -0.2) is 56.0 Å². The number of carbonyl (C=O) groups is 1. The summed E-state index contributed by atoms with van der Waals surface area (Å²) in [6, 6.07) is 8.75. The minimum atomic E-state index is -0.314. The smallest absolute Gasteiger partial charge is 0.267 e. The van der Waals surface area contributed by atoms with Crippen LogP contribution in [0, 0.1) is 0 Å². The van der Waals surface area contributed by atoms with Crippen LogP contribution >= 0.6 is 24.0 Å². The Labute approximate surface area is 192 Å². The van der Waals surface area contributed by atoms with Crippen molar-refractivity contribution in [3.8, 4) is 0 Å². The number of fused-ring (bicyclic) bond motifs is 1. The molecule has 11 heteroatoms. The van der Waals surface area contributed by atoms with E-state index >= 15 is 0 Å². The van der Waals surface area contributed by atoms with Gasteiger partial charge in [0.2, 0.25) is 0 Å². The molecule has 1 aliphatic rings. The molecule has 9 nitrogen and oxygen atoms in total. The van der Waals surface area contributed by atoms with Gasteiger partial charge in [0.05, 0.1) is 43.1 Å². The van der Waals surface area contributed by atoms with Gasteiger partial charge in [-0.15, -0.1) is 0 Å². The lowest BCUT2D eigenvalue weighted by Crippen LogP contribution is -2.27. The molecule has 3 aromatic rings. The molecule has 0 radical (unpaired) electrons. The van der Waals surface area contributed by atoms with E-state index in [2.05, 4.69) is 10.3 Å². The van der Waals surface area contributed by atoms with Gasteiger partial charge in [-0.25, -0.2) is 4.98 Å². The summed E-state index contributed by atoms with van der Waals surface area (Å²) in [7, 11) is 0. The molecule has 4 heterocycles. The number of aliphatic hydroxyl groups excluding tert-OH is 1. The third kappa shape index (κ3) is 4.75. The zero-order valence-corrected chi connectivity index (χ0v) is 18.5. The van der Waals surface area contributed by atoms with Gasteiger partial charge < -0.3 is 19.6 Å². The summed E-state index contributed by atoms with van der Waals surface area (Å²) < 4.78 is 12.4. The molecule has 4 rings (SSSR count). The molecule has 3 aromatic heterocycles. The molecule has 0 bridgehead atoms. The fourth-order valence-corrected chi connectivity index (χ4v) is 4.34. The van der Waals surface area contributed by atoms with E-state index in [1.165, 1.54) is 21.6 Å². The maximum Gasteiger partial charge on any atom is 0.267 e. The molecule has 2 N–H and O–H groups in total. The molecule has 166 valence electrons. The van der Waals surface area contributed by atoms with Crippen LogP contribution in [0.5, 0.6) is 0 Å². The SMILES string of the molecule is O=C1C(=Cc2c(NCCOCCO)nc3ccccn3c2=O)SC(=S)N1Cc1ccco1. The predicted octanol–water partition coefficient (Wildman–Crippen LogP) is 2.11. The standard InChI is InChI=1S/C21H20N4O5S2/c26-8-11-29-10-6-22-18-15(19(27)24-7-2-1-5-17(24)23-18)12-16-20(28)25(21(31)32-16)13-14-4-3-9-30-14/h1-5,7,9,12,22,26H,6,8,10-11,13H2. The third-order valence-electron chi connectivity index (χ3n) is 4.59. The molecular weight excluding hydrogens is 452 g/mol. The quantitative estimate of drug-likeness (QED) is 0.275. The lowest BCUT2D eigenvalue weighted by Gasteiger charge is -2.12. The predicted molar refractivity (Wildman–Crippen MR) is 125 cm³/mol. The first kappa shape index (κ1) is 22.2. The zero-order valence-electron chi connectivity index (χ0n) is 16.9. The number of hydrogen-bond acceptors (Lipinski definition) is 9. The molecule has 32 heavy (non-hydrogen) atoms. The van der Waals surface area contributed by atoms with Crippen LogP contribution in [0.1, 0.15) is 11.3 Å². The summed E-state index contributed by atoms with van der Waals surface area (Å²) in [5.41, 5.74) is 0.402. The van der Waals surface area contributed by atoms with Crippen molar-refractivity contribution >= 4 is 51.7 Å². The van der Waals surface area contributed by atoms with Gasteiger partial charge in [-0.3, -0.25) is 18.9 Å². The van der Waals surface area contributed by atoms with Crippen molar-refractivity contribution in [2.24, 2.45) is 0 Å². The topological polar surface area (TPSA) is 109 Å². The highest BCUT2D eigenvalue weighted by Gasteiger charge is 2.33. The largest absolute Gasteiger partial charge is 0.467 e. The van der Waals surface area contributed by atoms with Crippen molar-refractivity contribution in [2.45, 2.75) is 6.54 Å². The maximum atomic E-state index is 13.2. The third-order valence-corrected chi connectivity index (χ3v) is 5.96. The van der Waals surface area contributed by atoms with Gasteiger partial charge in [-0.05, 0) is 30.3 Å². The molecular formula is C21H20N4O5S2. The maximum absolute atomic E-state index is 13.2. The Balaban J connectivity index is 1.66. The summed E-state index contributed by atoms with van der Waals surface area (Å²) in [6.45, 7) is 1.06. The van der Waals surface area contributed by atoms with Gasteiger partial charge in [0.25, 0.3) is 11.5 Å². The van der Waals surface area contributed by atoms with Gasteiger partial charge >= 0.3 is 0 Å². The van der Waals surface area contributed by atoms with Crippen LogP contribution in [0.25, 0.3) is 11.7 Å². The van der Waals surface area contributed by atoms with E-state index in [4.69, 9.17) is 26.5 Å². The Morgan fingerprint density at radius 3 is 2.91 bits per heavy atom. The molecule has 0 unspecified atom stereocenters. The lowest BCUT2D eigenvalue weighted by atomic mass is 10.2. The van der Waals surface area contributed by atoms with Crippen LogP contribution < -0.4 is 10.9 Å². The van der Waals surface area contributed by atoms with Gasteiger partial charge in [0.1, 0.15) is 21.5 Å². The first-order chi connectivity index (χ1) is 15.6. The minimum absolute atomic E-state index is 0.0688. The fraction of sp³-hybridized carbons (Fsp3) is 0.238. The van der Waals surface area contributed by atoms with Crippen molar-refractivity contribution < 1.29 is 19.1 Å². The van der Waals surface area contributed by atoms with Crippen molar-refractivity contribution in [1.82, 2.24) is 14.3 Å². The van der Waals surface area contributed by atoms with Crippen LogP contribution in [0.3, 0.4) is 0 Å². The van der Waals surface area contributed by atoms with Crippen molar-refractivity contribution in [3.05, 3.63) is 69.4 Å². The van der Waals surface area contributed by atoms with Gasteiger partial charge in [0.15, 0.2) is 0 Å². The number of aromatic nitrogens is 2. The van der Waals surface area contributed by atoms with Crippen molar-refractivity contribution in [1.29, 1.82) is 0 Å². The number of rotatable bonds is 9. The molecule has 0 spiro atoms. The molecule has 1 fully saturated rings. The Bertz CT molecular complexity index is 1220. The minimum Gasteiger partial charge on any atom is -0.467 e. The monoisotopic (exact) mass is 472 g/mol. The number of ether oxygens (including phenoxy) is 1. The average Bonchev–Trinajstić information content (AvgIpc) is 3.40. The zero-order chi connectivity index (χ0) is 22.5. The summed E-state index contributed by atoms with van der Waals surface area (Å²) in [6.07, 6.45) is 4.68. The molecule has 1 aliphatic heterocycles. The average molecular weight is 473 g/mol. The summed E-state index contributed by atoms with van der Waals surface area (Å²) in [5, 5.41) is 11.9. The number of pyridine rings is 1. The highest BCUT2D eigenvalue weighted by molar-refractivity contribution is 8.26. The molecule has 0 aliphatic carbocycles. The second-order valence-electron chi connectivity index (χ2n) is 6.72. The fourth-order valence-electron chi connectivity index (χ4n) is 3.10. The molecule has 0 saturated carbocycles. The molecule has 0 atom stereocenters. The van der Waals surface area contributed by atoms with Gasteiger partial charge in [0, 0.05) is 12.7 Å². The van der Waals surface area contributed by atoms with E-state index in [1.807, 2.05) is 0 Å². The highest BCUT2D eigenvalue weighted by Crippen LogP contribution is 2.34. The summed E-state index contributed by atoms with van der Waals surface area (Å²) in [5.74, 6) is 0.650. The Morgan fingerprint density at radius 2 is 2.12 bits per heavy atom. The molecule has 1 amide bonds. The Kier molecular flexibility index (Phi) is 7.00. The normalized spacial score (nSPS) is 15.3. The summed E-state index contributed by atoms with van der Waals surface area (Å²) >= 11 is 6.50. The second kappa shape index (κ2) is 10.1. The number of hydrogen-bond donors (Lipinski definition) is 2. The van der Waals surface area contributed by atoms with Crippen LogP contribution in [0.15, 0.2) is 56.9 Å². The first-order valence-corrected chi connectivity index (χ1v) is 11.0. The summed E-state index contributed by atoms with van der Waals surface area (Å²) in [4.78, 5) is 32.5. The van der Waals surface area contributed by atoms with Gasteiger partial charge in [-0.2, -0.15) is 0 Å². The van der Waals surface area contributed by atoms with E-state index in [1.54, 1.807) is 36.5 Å². The number of carbonyl (C=O) groups excluding carboxylic acids is 1. The number of anilines is 1. The van der Waals surface area contributed by atoms with Gasteiger partial charge in [-0.1, -0.05) is 30.0 Å². The number of furan rings is 1. The first-order valence-electron chi connectivity index (χ1n) is 9.80. The Morgan fingerprint density at radius 1 is 1.25 bits per heavy atom. The van der Waals surface area contributed by atoms with Crippen LogP contribution in [0.2, 0.25) is 0 Å².